The molecule has 7 nitrogen and oxygen atoms in total. The van der Waals surface area contributed by atoms with Gasteiger partial charge in [-0.1, -0.05) is 6.07 Å². The number of hydrogen-bond donors (Lipinski definition) is 1. The Bertz CT molecular complexity index is 637. The van der Waals surface area contributed by atoms with E-state index in [9.17, 15) is 18.5 Å². The predicted molar refractivity (Wildman–Crippen MR) is 78.6 cm³/mol. The fraction of sp³-hybridized carbons (Fsp3) is 0.538. The number of non-ortho nitro benzene ring substituents is 1. The fourth-order valence-electron chi connectivity index (χ4n) is 2.38. The lowest BCUT2D eigenvalue weighted by Gasteiger charge is -2.38. The average Bonchev–Trinajstić information content (AvgIpc) is 2.48. The van der Waals surface area contributed by atoms with Crippen molar-refractivity contribution >= 4 is 15.7 Å². The van der Waals surface area contributed by atoms with Gasteiger partial charge < -0.3 is 5.32 Å². The van der Waals surface area contributed by atoms with Gasteiger partial charge in [-0.25, -0.2) is 8.42 Å². The maximum Gasteiger partial charge on any atom is 0.270 e. The third-order valence-corrected chi connectivity index (χ3v) is 5.99. The highest BCUT2D eigenvalue weighted by molar-refractivity contribution is 7.89. The van der Waals surface area contributed by atoms with E-state index in [-0.39, 0.29) is 16.1 Å². The first-order valence-corrected chi connectivity index (χ1v) is 8.16. The quantitative estimate of drug-likeness (QED) is 0.669. The van der Waals surface area contributed by atoms with E-state index in [1.807, 2.05) is 7.05 Å². The molecule has 0 aromatic heterocycles. The van der Waals surface area contributed by atoms with Crippen molar-refractivity contribution in [3.63, 3.8) is 0 Å². The zero-order chi connectivity index (χ0) is 15.7. The van der Waals surface area contributed by atoms with Gasteiger partial charge in [0.15, 0.2) is 0 Å². The van der Waals surface area contributed by atoms with Gasteiger partial charge in [0.05, 0.1) is 9.82 Å². The molecule has 1 aliphatic heterocycles. The summed E-state index contributed by atoms with van der Waals surface area (Å²) in [7, 11) is -1.81. The van der Waals surface area contributed by atoms with Crippen LogP contribution in [0.1, 0.15) is 19.8 Å². The number of hydrogen-bond acceptors (Lipinski definition) is 5. The summed E-state index contributed by atoms with van der Waals surface area (Å²) < 4.78 is 26.5. The van der Waals surface area contributed by atoms with Crippen LogP contribution in [0.15, 0.2) is 29.2 Å². The Labute approximate surface area is 124 Å². The molecule has 21 heavy (non-hydrogen) atoms. The molecule has 0 radical (unpaired) electrons. The van der Waals surface area contributed by atoms with Crippen LogP contribution in [0.2, 0.25) is 0 Å². The Balaban J connectivity index is 2.23. The van der Waals surface area contributed by atoms with Crippen LogP contribution in [-0.4, -0.2) is 43.3 Å². The highest BCUT2D eigenvalue weighted by Crippen LogP contribution is 2.27. The summed E-state index contributed by atoms with van der Waals surface area (Å²) in [5.41, 5.74) is -0.275. The van der Waals surface area contributed by atoms with E-state index in [2.05, 4.69) is 12.2 Å². The van der Waals surface area contributed by atoms with Gasteiger partial charge in [-0.05, 0) is 32.9 Å². The molecule has 0 amide bonds. The minimum atomic E-state index is -3.68. The molecule has 1 heterocycles. The van der Waals surface area contributed by atoms with Crippen LogP contribution in [-0.2, 0) is 10.0 Å². The second kappa shape index (κ2) is 5.70. The molecule has 0 aliphatic carbocycles. The van der Waals surface area contributed by atoms with Crippen LogP contribution in [0.4, 0.5) is 5.69 Å². The lowest BCUT2D eigenvalue weighted by atomic mass is 9.91. The molecule has 0 unspecified atom stereocenters. The van der Waals surface area contributed by atoms with Crippen molar-refractivity contribution in [1.82, 2.24) is 9.62 Å². The van der Waals surface area contributed by atoms with Crippen molar-refractivity contribution in [3.8, 4) is 0 Å². The van der Waals surface area contributed by atoms with E-state index >= 15 is 0 Å². The molecule has 1 aliphatic rings. The van der Waals surface area contributed by atoms with Crippen molar-refractivity contribution in [1.29, 1.82) is 0 Å². The summed E-state index contributed by atoms with van der Waals surface area (Å²) in [5.74, 6) is 0. The Morgan fingerprint density at radius 3 is 2.48 bits per heavy atom. The van der Waals surface area contributed by atoms with E-state index in [0.717, 1.165) is 6.07 Å². The first-order valence-electron chi connectivity index (χ1n) is 6.72. The Kier molecular flexibility index (Phi) is 4.31. The summed E-state index contributed by atoms with van der Waals surface area (Å²) >= 11 is 0. The second-order valence-corrected chi connectivity index (χ2v) is 7.41. The Hall–Kier alpha value is -1.51. The minimum Gasteiger partial charge on any atom is -0.314 e. The molecule has 8 heteroatoms. The van der Waals surface area contributed by atoms with E-state index in [1.54, 1.807) is 0 Å². The number of piperidine rings is 1. The van der Waals surface area contributed by atoms with Gasteiger partial charge in [0.1, 0.15) is 0 Å². The molecule has 116 valence electrons. The number of nitrogens with zero attached hydrogens (tertiary/aromatic N) is 2. The van der Waals surface area contributed by atoms with Gasteiger partial charge in [-0.3, -0.25) is 10.1 Å². The molecular formula is C13H19N3O4S. The smallest absolute Gasteiger partial charge is 0.270 e. The van der Waals surface area contributed by atoms with Gasteiger partial charge in [-0.2, -0.15) is 4.31 Å². The van der Waals surface area contributed by atoms with Crippen molar-refractivity contribution in [3.05, 3.63) is 34.4 Å². The summed E-state index contributed by atoms with van der Waals surface area (Å²) in [5, 5.41) is 14.0. The molecule has 1 N–H and O–H groups in total. The third-order valence-electron chi connectivity index (χ3n) is 4.10. The monoisotopic (exact) mass is 313 g/mol. The second-order valence-electron chi connectivity index (χ2n) is 5.47. The number of benzene rings is 1. The van der Waals surface area contributed by atoms with Crippen LogP contribution >= 0.6 is 0 Å². The minimum absolute atomic E-state index is 0.0234. The van der Waals surface area contributed by atoms with Crippen molar-refractivity contribution in [2.45, 2.75) is 30.2 Å². The van der Waals surface area contributed by atoms with Crippen molar-refractivity contribution in [2.24, 2.45) is 0 Å². The van der Waals surface area contributed by atoms with Crippen molar-refractivity contribution < 1.29 is 13.3 Å². The van der Waals surface area contributed by atoms with Crippen LogP contribution in [0.25, 0.3) is 0 Å². The van der Waals surface area contributed by atoms with Crippen molar-refractivity contribution in [2.75, 3.05) is 20.1 Å². The highest BCUT2D eigenvalue weighted by atomic mass is 32.2. The predicted octanol–water partition coefficient (Wildman–Crippen LogP) is 1.36. The van der Waals surface area contributed by atoms with Gasteiger partial charge in [-0.15, -0.1) is 0 Å². The fourth-order valence-corrected chi connectivity index (χ4v) is 3.86. The molecular weight excluding hydrogens is 294 g/mol. The molecule has 1 fully saturated rings. The molecule has 1 saturated heterocycles. The van der Waals surface area contributed by atoms with Crippen LogP contribution in [0.3, 0.4) is 0 Å². The third kappa shape index (κ3) is 3.22. The highest BCUT2D eigenvalue weighted by Gasteiger charge is 2.34. The van der Waals surface area contributed by atoms with Crippen LogP contribution in [0, 0.1) is 10.1 Å². The maximum absolute atomic E-state index is 12.5. The summed E-state index contributed by atoms with van der Waals surface area (Å²) in [6, 6.07) is 5.19. The first kappa shape index (κ1) is 15.9. The Morgan fingerprint density at radius 1 is 1.33 bits per heavy atom. The molecule has 0 bridgehead atoms. The van der Waals surface area contributed by atoms with Gasteiger partial charge >= 0.3 is 0 Å². The van der Waals surface area contributed by atoms with Gasteiger partial charge in [0.2, 0.25) is 10.0 Å². The summed E-state index contributed by atoms with van der Waals surface area (Å²) in [6.07, 6.45) is 1.41. The average molecular weight is 313 g/mol. The van der Waals surface area contributed by atoms with Gasteiger partial charge in [0.25, 0.3) is 5.69 Å². The number of sulfonamides is 1. The first-order chi connectivity index (χ1) is 9.78. The zero-order valence-electron chi connectivity index (χ0n) is 12.1. The molecule has 1 aromatic carbocycles. The standard InChI is InChI=1S/C13H19N3O4S/c1-13(14-2)6-8-15(9-7-13)21(19,20)12-5-3-4-11(10-12)16(17)18/h3-5,10,14H,6-9H2,1-2H3. The molecule has 0 atom stereocenters. The van der Waals surface area contributed by atoms with E-state index < -0.39 is 14.9 Å². The van der Waals surface area contributed by atoms with Crippen LogP contribution < -0.4 is 5.32 Å². The summed E-state index contributed by atoms with van der Waals surface area (Å²) in [4.78, 5) is 10.2. The number of nitro groups is 1. The number of rotatable bonds is 4. The largest absolute Gasteiger partial charge is 0.314 e. The zero-order valence-corrected chi connectivity index (χ0v) is 12.9. The summed E-state index contributed by atoms with van der Waals surface area (Å²) in [6.45, 7) is 2.87. The van der Waals surface area contributed by atoms with E-state index in [4.69, 9.17) is 0 Å². The lowest BCUT2D eigenvalue weighted by Crippen LogP contribution is -2.51. The number of nitrogens with one attached hydrogen (secondary N) is 1. The van der Waals surface area contributed by atoms with E-state index in [0.29, 0.717) is 25.9 Å². The molecule has 2 rings (SSSR count). The SMILES string of the molecule is CNC1(C)CCN(S(=O)(=O)c2cccc([N+](=O)[O-])c2)CC1. The topological polar surface area (TPSA) is 92.6 Å². The molecule has 0 saturated carbocycles. The van der Waals surface area contributed by atoms with E-state index in [1.165, 1.54) is 22.5 Å². The lowest BCUT2D eigenvalue weighted by molar-refractivity contribution is -0.385. The van der Waals surface area contributed by atoms with Gasteiger partial charge in [0, 0.05) is 30.8 Å². The molecule has 0 spiro atoms. The molecule has 1 aromatic rings. The maximum atomic E-state index is 12.5. The van der Waals surface area contributed by atoms with Crippen LogP contribution in [0.5, 0.6) is 0 Å². The Morgan fingerprint density at radius 2 is 1.95 bits per heavy atom. The number of nitro benzene ring substituents is 1. The normalized spacial score (nSPS) is 19.3.